The fourth-order valence-corrected chi connectivity index (χ4v) is 3.03. The van der Waals surface area contributed by atoms with Crippen LogP contribution in [0.5, 0.6) is 5.75 Å². The Morgan fingerprint density at radius 2 is 1.86 bits per heavy atom. The lowest BCUT2D eigenvalue weighted by atomic mass is 10.3. The van der Waals surface area contributed by atoms with Crippen molar-refractivity contribution in [2.24, 2.45) is 0 Å². The molecular weight excluding hydrogens is 375 g/mol. The van der Waals surface area contributed by atoms with Crippen molar-refractivity contribution < 1.29 is 13.9 Å². The average molecular weight is 396 g/mol. The number of hydrogen-bond acceptors (Lipinski definition) is 4. The number of aromatic nitrogens is 3. The van der Waals surface area contributed by atoms with Crippen molar-refractivity contribution in [3.8, 4) is 11.4 Å². The molecule has 1 aliphatic carbocycles. The maximum atomic E-state index is 12.9. The molecule has 0 saturated heterocycles. The van der Waals surface area contributed by atoms with Crippen LogP contribution in [0.15, 0.2) is 59.4 Å². The second-order valence-corrected chi connectivity index (χ2v) is 6.90. The van der Waals surface area contributed by atoms with Gasteiger partial charge in [-0.15, -0.1) is 0 Å². The molecule has 7 nitrogen and oxygen atoms in total. The fourth-order valence-electron chi connectivity index (χ4n) is 3.03. The van der Waals surface area contributed by atoms with Gasteiger partial charge < -0.3 is 10.1 Å². The van der Waals surface area contributed by atoms with E-state index in [0.29, 0.717) is 11.7 Å². The van der Waals surface area contributed by atoms with E-state index in [1.807, 2.05) is 30.3 Å². The lowest BCUT2D eigenvalue weighted by Crippen LogP contribution is -2.34. The van der Waals surface area contributed by atoms with Gasteiger partial charge in [-0.2, -0.15) is 5.10 Å². The van der Waals surface area contributed by atoms with Gasteiger partial charge in [-0.1, -0.05) is 18.2 Å². The standard InChI is InChI=1S/C21H21FN4O3/c22-16-8-10-18(11-9-16)29-14-19(27)23-12-13-25-21(28)26(17-4-2-1-3-5-17)20(24-25)15-6-7-15/h1-5,8-11,15H,6-7,12-14H2,(H,23,27). The van der Waals surface area contributed by atoms with Gasteiger partial charge in [0, 0.05) is 12.5 Å². The molecule has 1 amide bonds. The predicted molar refractivity (Wildman–Crippen MR) is 105 cm³/mol. The number of nitrogens with one attached hydrogen (secondary N) is 1. The van der Waals surface area contributed by atoms with Crippen LogP contribution in [0.3, 0.4) is 0 Å². The second-order valence-electron chi connectivity index (χ2n) is 6.90. The van der Waals surface area contributed by atoms with Crippen LogP contribution in [-0.2, 0) is 11.3 Å². The molecule has 1 saturated carbocycles. The highest BCUT2D eigenvalue weighted by Crippen LogP contribution is 2.39. The van der Waals surface area contributed by atoms with E-state index in [2.05, 4.69) is 10.4 Å². The first-order valence-corrected chi connectivity index (χ1v) is 9.52. The molecule has 0 spiro atoms. The van der Waals surface area contributed by atoms with E-state index in [9.17, 15) is 14.0 Å². The molecule has 150 valence electrons. The van der Waals surface area contributed by atoms with Gasteiger partial charge in [-0.25, -0.2) is 18.4 Å². The smallest absolute Gasteiger partial charge is 0.350 e. The molecule has 1 N–H and O–H groups in total. The summed E-state index contributed by atoms with van der Waals surface area (Å²) in [5, 5.41) is 7.20. The van der Waals surface area contributed by atoms with Crippen molar-refractivity contribution in [2.75, 3.05) is 13.2 Å². The molecule has 0 radical (unpaired) electrons. The summed E-state index contributed by atoms with van der Waals surface area (Å²) in [4.78, 5) is 24.8. The number of benzene rings is 2. The molecule has 4 rings (SSSR count). The van der Waals surface area contributed by atoms with Gasteiger partial charge in [0.05, 0.1) is 12.2 Å². The molecule has 0 bridgehead atoms. The Hall–Kier alpha value is -3.42. The van der Waals surface area contributed by atoms with Crippen LogP contribution >= 0.6 is 0 Å². The molecule has 0 aliphatic heterocycles. The van der Waals surface area contributed by atoms with Crippen molar-refractivity contribution in [1.29, 1.82) is 0 Å². The van der Waals surface area contributed by atoms with Gasteiger partial charge in [0.2, 0.25) is 0 Å². The number of para-hydroxylation sites is 1. The minimum absolute atomic E-state index is 0.188. The van der Waals surface area contributed by atoms with Crippen molar-refractivity contribution in [3.63, 3.8) is 0 Å². The van der Waals surface area contributed by atoms with Gasteiger partial charge >= 0.3 is 5.69 Å². The lowest BCUT2D eigenvalue weighted by Gasteiger charge is -2.07. The van der Waals surface area contributed by atoms with Crippen LogP contribution < -0.4 is 15.7 Å². The van der Waals surface area contributed by atoms with Crippen LogP contribution in [0.4, 0.5) is 4.39 Å². The third-order valence-electron chi connectivity index (χ3n) is 4.65. The number of rotatable bonds is 8. The van der Waals surface area contributed by atoms with E-state index in [1.165, 1.54) is 28.9 Å². The van der Waals surface area contributed by atoms with E-state index in [-0.39, 0.29) is 37.1 Å². The summed E-state index contributed by atoms with van der Waals surface area (Å²) in [5.41, 5.74) is 0.581. The van der Waals surface area contributed by atoms with Gasteiger partial charge in [-0.3, -0.25) is 4.79 Å². The Morgan fingerprint density at radius 3 is 2.55 bits per heavy atom. The molecule has 8 heteroatoms. The zero-order chi connectivity index (χ0) is 20.2. The van der Waals surface area contributed by atoms with E-state index in [0.717, 1.165) is 24.4 Å². The summed E-state index contributed by atoms with van der Waals surface area (Å²) in [6.07, 6.45) is 2.06. The molecule has 1 fully saturated rings. The Kier molecular flexibility index (Phi) is 5.41. The van der Waals surface area contributed by atoms with Crippen LogP contribution in [0, 0.1) is 5.82 Å². The van der Waals surface area contributed by atoms with Gasteiger partial charge in [0.15, 0.2) is 6.61 Å². The molecule has 1 heterocycles. The first kappa shape index (κ1) is 18.9. The number of carbonyl (C=O) groups excluding carboxylic acids is 1. The maximum absolute atomic E-state index is 12.9. The predicted octanol–water partition coefficient (Wildman–Crippen LogP) is 2.25. The van der Waals surface area contributed by atoms with Crippen LogP contribution in [0.25, 0.3) is 5.69 Å². The zero-order valence-electron chi connectivity index (χ0n) is 15.8. The minimum Gasteiger partial charge on any atom is -0.484 e. The van der Waals surface area contributed by atoms with E-state index in [4.69, 9.17) is 4.74 Å². The van der Waals surface area contributed by atoms with Gasteiger partial charge in [-0.05, 0) is 49.2 Å². The highest BCUT2D eigenvalue weighted by Gasteiger charge is 2.31. The molecule has 1 aliphatic rings. The monoisotopic (exact) mass is 396 g/mol. The largest absolute Gasteiger partial charge is 0.484 e. The molecule has 0 unspecified atom stereocenters. The number of ether oxygens (including phenoxy) is 1. The summed E-state index contributed by atoms with van der Waals surface area (Å²) in [6.45, 7) is 0.328. The molecule has 29 heavy (non-hydrogen) atoms. The SMILES string of the molecule is O=C(COc1ccc(F)cc1)NCCn1nc(C2CC2)n(-c2ccccc2)c1=O. The molecule has 0 atom stereocenters. The second kappa shape index (κ2) is 8.30. The minimum atomic E-state index is -0.368. The summed E-state index contributed by atoms with van der Waals surface area (Å²) >= 11 is 0. The van der Waals surface area contributed by atoms with Crippen molar-refractivity contribution >= 4 is 5.91 Å². The Balaban J connectivity index is 1.36. The van der Waals surface area contributed by atoms with Crippen molar-refractivity contribution in [2.45, 2.75) is 25.3 Å². The average Bonchev–Trinajstić information content (AvgIpc) is 3.53. The molecule has 2 aromatic carbocycles. The first-order chi connectivity index (χ1) is 14.1. The number of hydrogen-bond donors (Lipinski definition) is 1. The summed E-state index contributed by atoms with van der Waals surface area (Å²) < 4.78 is 21.2. The van der Waals surface area contributed by atoms with Crippen molar-refractivity contribution in [1.82, 2.24) is 19.7 Å². The molecule has 1 aromatic heterocycles. The third-order valence-corrected chi connectivity index (χ3v) is 4.65. The number of amides is 1. The number of carbonyl (C=O) groups is 1. The Bertz CT molecular complexity index is 1040. The van der Waals surface area contributed by atoms with E-state index in [1.54, 1.807) is 4.57 Å². The van der Waals surface area contributed by atoms with Crippen LogP contribution in [0.2, 0.25) is 0 Å². The normalized spacial score (nSPS) is 13.3. The lowest BCUT2D eigenvalue weighted by molar-refractivity contribution is -0.123. The number of halogens is 1. The van der Waals surface area contributed by atoms with Crippen LogP contribution in [-0.4, -0.2) is 33.4 Å². The summed E-state index contributed by atoms with van der Waals surface area (Å²) in [5.74, 6) is 0.795. The third kappa shape index (κ3) is 4.53. The fraction of sp³-hybridized carbons (Fsp3) is 0.286. The Morgan fingerprint density at radius 1 is 1.14 bits per heavy atom. The number of nitrogens with zero attached hydrogens (tertiary/aromatic N) is 3. The topological polar surface area (TPSA) is 78.2 Å². The summed E-state index contributed by atoms with van der Waals surface area (Å²) in [7, 11) is 0. The zero-order valence-corrected chi connectivity index (χ0v) is 15.8. The highest BCUT2D eigenvalue weighted by molar-refractivity contribution is 5.77. The highest BCUT2D eigenvalue weighted by atomic mass is 19.1. The van der Waals surface area contributed by atoms with E-state index >= 15 is 0 Å². The molecular formula is C21H21FN4O3. The van der Waals surface area contributed by atoms with E-state index < -0.39 is 0 Å². The maximum Gasteiger partial charge on any atom is 0.350 e. The van der Waals surface area contributed by atoms with Gasteiger partial charge in [0.1, 0.15) is 17.4 Å². The molecule has 3 aromatic rings. The summed E-state index contributed by atoms with van der Waals surface area (Å²) in [6, 6.07) is 14.9. The first-order valence-electron chi connectivity index (χ1n) is 9.52. The van der Waals surface area contributed by atoms with Crippen LogP contribution in [0.1, 0.15) is 24.6 Å². The Labute approximate surface area is 166 Å². The van der Waals surface area contributed by atoms with Crippen molar-refractivity contribution in [3.05, 3.63) is 76.7 Å². The van der Waals surface area contributed by atoms with Gasteiger partial charge in [0.25, 0.3) is 5.91 Å². The quantitative estimate of drug-likeness (QED) is 0.634.